The van der Waals surface area contributed by atoms with Crippen LogP contribution in [0.5, 0.6) is 0 Å². The molecule has 1 aliphatic heterocycles. The first-order valence-electron chi connectivity index (χ1n) is 20.4. The molecule has 2 aromatic heterocycles. The van der Waals surface area contributed by atoms with E-state index in [4.69, 9.17) is 9.47 Å². The number of aromatic nitrogens is 4. The van der Waals surface area contributed by atoms with E-state index in [1.54, 1.807) is 17.3 Å². The molecule has 1 fully saturated rings. The number of likely N-dealkylation sites (tertiary alicyclic amines) is 1. The summed E-state index contributed by atoms with van der Waals surface area (Å²) >= 11 is 0. The minimum atomic E-state index is -0.875. The quantitative estimate of drug-likeness (QED) is 0.0797. The molecule has 1 aliphatic rings. The van der Waals surface area contributed by atoms with E-state index in [-0.39, 0.29) is 41.7 Å². The number of nitrogens with one attached hydrogen (secondary N) is 6. The Labute approximate surface area is 351 Å². The number of carbonyl (C=O) groups excluding carboxylic acids is 5. The van der Waals surface area contributed by atoms with Gasteiger partial charge >= 0.3 is 12.2 Å². The molecule has 6 N–H and O–H groups in total. The molecule has 0 spiro atoms. The van der Waals surface area contributed by atoms with E-state index in [0.717, 1.165) is 46.5 Å². The van der Waals surface area contributed by atoms with Crippen molar-refractivity contribution in [2.75, 3.05) is 27.3 Å². The molecule has 4 aromatic rings. The first-order valence-corrected chi connectivity index (χ1v) is 20.4. The molecule has 60 heavy (non-hydrogen) atoms. The Hall–Kier alpha value is -6.19. The first-order chi connectivity index (χ1) is 28.5. The van der Waals surface area contributed by atoms with Gasteiger partial charge in [0.05, 0.1) is 44.0 Å². The summed E-state index contributed by atoms with van der Waals surface area (Å²) < 4.78 is 9.48. The van der Waals surface area contributed by atoms with Gasteiger partial charge in [-0.2, -0.15) is 0 Å². The molecule has 5 rings (SSSR count). The van der Waals surface area contributed by atoms with Crippen LogP contribution >= 0.6 is 0 Å². The lowest BCUT2D eigenvalue weighted by atomic mass is 9.92. The zero-order valence-corrected chi connectivity index (χ0v) is 36.0. The van der Waals surface area contributed by atoms with Crippen LogP contribution in [0.1, 0.15) is 91.5 Å². The fraction of sp³-hybridized carbons (Fsp3) is 0.477. The highest BCUT2D eigenvalue weighted by molar-refractivity contribution is 5.87. The van der Waals surface area contributed by atoms with Crippen LogP contribution in [0.2, 0.25) is 0 Å². The zero-order chi connectivity index (χ0) is 43.7. The summed E-state index contributed by atoms with van der Waals surface area (Å²) in [6.07, 6.45) is 4.00. The van der Waals surface area contributed by atoms with Gasteiger partial charge in [-0.25, -0.2) is 19.6 Å². The average molecular weight is 826 g/mol. The highest BCUT2D eigenvalue weighted by Crippen LogP contribution is 2.33. The standard InChI is InChI=1S/C44H59N9O7/c1-25(2)36(51-42(57)59-8)40(55)50-33(24-45-35(54)21-44(5,6)7)38-46-22-31(48-38)29-16-12-27(13-17-29)28-14-18-30(19-15-28)32-23-47-39(49-32)34-11-10-20-53(34)41(56)37(26(3)4)52-43(58)60-9/h12-19,22-23,25-26,33-34,36-37H,10-11,20-21,24H2,1-9H3,(H,45,54)(H,46,48)(H,47,49)(H,50,55)(H,51,57)(H,52,58)/t33-,34-,36-,37-/m0/s1. The van der Waals surface area contributed by atoms with Crippen molar-refractivity contribution in [2.24, 2.45) is 17.3 Å². The van der Waals surface area contributed by atoms with E-state index in [2.05, 4.69) is 41.2 Å². The molecular formula is C44H59N9O7. The number of methoxy groups -OCH3 is 2. The summed E-state index contributed by atoms with van der Waals surface area (Å²) in [6.45, 7) is 14.0. The van der Waals surface area contributed by atoms with Crippen molar-refractivity contribution in [1.82, 2.24) is 46.1 Å². The number of imidazole rings is 2. The van der Waals surface area contributed by atoms with E-state index >= 15 is 0 Å². The van der Waals surface area contributed by atoms with Crippen molar-refractivity contribution in [3.63, 3.8) is 0 Å². The third-order valence-electron chi connectivity index (χ3n) is 10.4. The fourth-order valence-electron chi connectivity index (χ4n) is 7.15. The third-order valence-corrected chi connectivity index (χ3v) is 10.4. The second kappa shape index (κ2) is 19.7. The predicted molar refractivity (Wildman–Crippen MR) is 227 cm³/mol. The molecule has 0 bridgehead atoms. The molecule has 322 valence electrons. The van der Waals surface area contributed by atoms with Gasteiger partial charge in [-0.3, -0.25) is 14.4 Å². The number of ether oxygens (including phenoxy) is 2. The smallest absolute Gasteiger partial charge is 0.407 e. The van der Waals surface area contributed by atoms with Crippen molar-refractivity contribution in [2.45, 2.75) is 91.9 Å². The molecular weight excluding hydrogens is 767 g/mol. The second-order valence-corrected chi connectivity index (χ2v) is 17.0. The van der Waals surface area contributed by atoms with Crippen LogP contribution in [-0.4, -0.2) is 94.1 Å². The highest BCUT2D eigenvalue weighted by atomic mass is 16.5. The monoisotopic (exact) mass is 825 g/mol. The number of nitrogens with zero attached hydrogens (tertiary/aromatic N) is 3. The van der Waals surface area contributed by atoms with Crippen molar-refractivity contribution in [3.05, 3.63) is 72.6 Å². The average Bonchev–Trinajstić information content (AvgIpc) is 4.01. The van der Waals surface area contributed by atoms with Crippen molar-refractivity contribution < 1.29 is 33.4 Å². The van der Waals surface area contributed by atoms with Crippen molar-refractivity contribution in [1.29, 1.82) is 0 Å². The highest BCUT2D eigenvalue weighted by Gasteiger charge is 2.37. The molecule has 0 saturated carbocycles. The molecule has 4 atom stereocenters. The molecule has 2 aromatic carbocycles. The van der Waals surface area contributed by atoms with E-state index in [9.17, 15) is 24.0 Å². The Balaban J connectivity index is 1.28. The lowest BCUT2D eigenvalue weighted by Gasteiger charge is -2.30. The van der Waals surface area contributed by atoms with E-state index in [1.165, 1.54) is 14.2 Å². The Morgan fingerprint density at radius 1 is 0.750 bits per heavy atom. The topological polar surface area (TPSA) is 213 Å². The number of aromatic amines is 2. The van der Waals surface area contributed by atoms with Gasteiger partial charge in [0.2, 0.25) is 17.7 Å². The van der Waals surface area contributed by atoms with E-state index in [1.807, 2.05) is 97.0 Å². The van der Waals surface area contributed by atoms with Crippen LogP contribution < -0.4 is 21.3 Å². The number of amides is 5. The first kappa shape index (κ1) is 44.9. The molecule has 16 heteroatoms. The molecule has 0 aliphatic carbocycles. The van der Waals surface area contributed by atoms with Gasteiger partial charge in [-0.05, 0) is 52.3 Å². The van der Waals surface area contributed by atoms with Crippen LogP contribution in [0.3, 0.4) is 0 Å². The Kier molecular flexibility index (Phi) is 14.7. The molecule has 3 heterocycles. The number of rotatable bonds is 15. The third kappa shape index (κ3) is 11.5. The summed E-state index contributed by atoms with van der Waals surface area (Å²) in [5, 5.41) is 11.2. The molecule has 16 nitrogen and oxygen atoms in total. The number of hydrogen-bond donors (Lipinski definition) is 6. The van der Waals surface area contributed by atoms with E-state index < -0.39 is 36.2 Å². The summed E-state index contributed by atoms with van der Waals surface area (Å²) in [7, 11) is 2.52. The maximum absolute atomic E-state index is 13.6. The van der Waals surface area contributed by atoms with Gasteiger partial charge < -0.3 is 45.6 Å². The summed E-state index contributed by atoms with van der Waals surface area (Å²) in [5.74, 6) is 0.0307. The lowest BCUT2D eigenvalue weighted by molar-refractivity contribution is -0.135. The van der Waals surface area contributed by atoms with Gasteiger partial charge in [-0.1, -0.05) is 97.0 Å². The number of alkyl carbamates (subject to hydrolysis) is 2. The summed E-state index contributed by atoms with van der Waals surface area (Å²) in [6, 6.07) is 13.6. The maximum Gasteiger partial charge on any atom is 0.407 e. The Bertz CT molecular complexity index is 2100. The summed E-state index contributed by atoms with van der Waals surface area (Å²) in [5.41, 5.74) is 5.15. The molecule has 0 unspecified atom stereocenters. The van der Waals surface area contributed by atoms with Crippen molar-refractivity contribution >= 4 is 29.9 Å². The SMILES string of the molecule is COC(=O)N[C@H](C(=O)N[C@@H](CNC(=O)CC(C)(C)C)c1ncc(-c2ccc(-c3ccc(-c4cnc([C@@H]5CCCN5C(=O)[C@@H](NC(=O)OC)C(C)C)[nH]4)cc3)cc2)[nH]1)C(C)C. The number of benzene rings is 2. The largest absolute Gasteiger partial charge is 0.453 e. The van der Waals surface area contributed by atoms with Crippen LogP contribution in [0.4, 0.5) is 9.59 Å². The number of H-pyrrole nitrogens is 2. The van der Waals surface area contributed by atoms with Gasteiger partial charge in [0.15, 0.2) is 0 Å². The second-order valence-electron chi connectivity index (χ2n) is 17.0. The van der Waals surface area contributed by atoms with E-state index in [0.29, 0.717) is 24.6 Å². The Morgan fingerprint density at radius 3 is 1.80 bits per heavy atom. The van der Waals surface area contributed by atoms with Gasteiger partial charge in [-0.15, -0.1) is 0 Å². The maximum atomic E-state index is 13.6. The van der Waals surface area contributed by atoms with Gasteiger partial charge in [0, 0.05) is 19.5 Å². The zero-order valence-electron chi connectivity index (χ0n) is 36.0. The normalized spacial score (nSPS) is 15.6. The fourth-order valence-corrected chi connectivity index (χ4v) is 7.15. The minimum absolute atomic E-state index is 0.0824. The van der Waals surface area contributed by atoms with Crippen LogP contribution in [0.25, 0.3) is 33.6 Å². The number of carbonyl (C=O) groups is 5. The Morgan fingerprint density at radius 2 is 1.27 bits per heavy atom. The van der Waals surface area contributed by atoms with Crippen LogP contribution in [0, 0.1) is 17.3 Å². The van der Waals surface area contributed by atoms with Crippen LogP contribution in [-0.2, 0) is 23.9 Å². The molecule has 5 amide bonds. The predicted octanol–water partition coefficient (Wildman–Crippen LogP) is 6.27. The summed E-state index contributed by atoms with van der Waals surface area (Å²) in [4.78, 5) is 81.5. The molecule has 1 saturated heterocycles. The van der Waals surface area contributed by atoms with Crippen molar-refractivity contribution in [3.8, 4) is 33.6 Å². The minimum Gasteiger partial charge on any atom is -0.453 e. The lowest BCUT2D eigenvalue weighted by Crippen LogP contribution is -2.51. The van der Waals surface area contributed by atoms with Gasteiger partial charge in [0.25, 0.3) is 0 Å². The molecule has 0 radical (unpaired) electrons. The van der Waals surface area contributed by atoms with Gasteiger partial charge in [0.1, 0.15) is 29.8 Å². The number of hydrogen-bond acceptors (Lipinski definition) is 9. The van der Waals surface area contributed by atoms with Crippen LogP contribution in [0.15, 0.2) is 60.9 Å².